The first-order valence-electron chi connectivity index (χ1n) is 8.00. The second-order valence-corrected chi connectivity index (χ2v) is 5.42. The molecular formula is C18H28O2. The summed E-state index contributed by atoms with van der Waals surface area (Å²) in [6.45, 7) is 8.76. The highest BCUT2D eigenvalue weighted by Gasteiger charge is 2.30. The van der Waals surface area contributed by atoms with Gasteiger partial charge in [-0.15, -0.1) is 5.92 Å². The summed E-state index contributed by atoms with van der Waals surface area (Å²) in [4.78, 5) is 12.0. The normalized spacial score (nSPS) is 22.2. The number of hydrogen-bond acceptors (Lipinski definition) is 2. The molecule has 2 atom stereocenters. The molecule has 1 rings (SSSR count). The molecule has 0 amide bonds. The van der Waals surface area contributed by atoms with E-state index in [9.17, 15) is 4.79 Å². The zero-order chi connectivity index (χ0) is 15.0. The Hall–Kier alpha value is -1.23. The first-order valence-corrected chi connectivity index (χ1v) is 8.00. The van der Waals surface area contributed by atoms with Gasteiger partial charge in [0.15, 0.2) is 0 Å². The van der Waals surface area contributed by atoms with Gasteiger partial charge in [0.05, 0.1) is 12.5 Å². The van der Waals surface area contributed by atoms with Gasteiger partial charge in [-0.2, -0.15) is 0 Å². The summed E-state index contributed by atoms with van der Waals surface area (Å²) in [6.07, 6.45) is 6.21. The zero-order valence-electron chi connectivity index (χ0n) is 13.4. The van der Waals surface area contributed by atoms with Crippen molar-refractivity contribution in [3.8, 4) is 11.8 Å². The standard InChI is InChI=1S/C18H28O2/c1-5-8-9-10-11-15-12-13-17(18(19)20-7-3)14(4)16(15)6-2/h15,17H,5-9,12-13H2,1-4H3. The third-order valence-electron chi connectivity index (χ3n) is 4.08. The van der Waals surface area contributed by atoms with Crippen LogP contribution in [0.2, 0.25) is 0 Å². The lowest BCUT2D eigenvalue weighted by Crippen LogP contribution is -2.25. The molecule has 20 heavy (non-hydrogen) atoms. The van der Waals surface area contributed by atoms with E-state index in [1.807, 2.05) is 6.92 Å². The van der Waals surface area contributed by atoms with Crippen molar-refractivity contribution in [2.24, 2.45) is 11.8 Å². The van der Waals surface area contributed by atoms with Gasteiger partial charge >= 0.3 is 5.97 Å². The van der Waals surface area contributed by atoms with E-state index < -0.39 is 0 Å². The molecule has 0 aromatic rings. The number of carbonyl (C=O) groups excluding carboxylic acids is 1. The van der Waals surface area contributed by atoms with Crippen molar-refractivity contribution in [3.63, 3.8) is 0 Å². The van der Waals surface area contributed by atoms with E-state index >= 15 is 0 Å². The SMILES string of the molecule is CCCCC#CC1CCC(C(=O)OCC)C(C)=C1CC. The number of esters is 1. The second kappa shape index (κ2) is 8.84. The Bertz CT molecular complexity index is 409. The van der Waals surface area contributed by atoms with Crippen molar-refractivity contribution in [1.82, 2.24) is 0 Å². The van der Waals surface area contributed by atoms with E-state index in [0.29, 0.717) is 12.5 Å². The summed E-state index contributed by atoms with van der Waals surface area (Å²) in [6, 6.07) is 0. The van der Waals surface area contributed by atoms with Crippen LogP contribution in [0.3, 0.4) is 0 Å². The second-order valence-electron chi connectivity index (χ2n) is 5.42. The zero-order valence-corrected chi connectivity index (χ0v) is 13.4. The molecule has 0 aliphatic heterocycles. The van der Waals surface area contributed by atoms with E-state index in [0.717, 1.165) is 25.7 Å². The summed E-state index contributed by atoms with van der Waals surface area (Å²) < 4.78 is 5.18. The van der Waals surface area contributed by atoms with Crippen LogP contribution in [0.25, 0.3) is 0 Å². The molecule has 0 aromatic carbocycles. The highest BCUT2D eigenvalue weighted by atomic mass is 16.5. The predicted octanol–water partition coefficient (Wildman–Crippen LogP) is 4.50. The molecule has 1 aliphatic carbocycles. The largest absolute Gasteiger partial charge is 0.466 e. The summed E-state index contributed by atoms with van der Waals surface area (Å²) in [5, 5.41) is 0. The van der Waals surface area contributed by atoms with E-state index in [4.69, 9.17) is 4.74 Å². The van der Waals surface area contributed by atoms with Gasteiger partial charge in [0.1, 0.15) is 0 Å². The number of hydrogen-bond donors (Lipinski definition) is 0. The summed E-state index contributed by atoms with van der Waals surface area (Å²) >= 11 is 0. The van der Waals surface area contributed by atoms with Gasteiger partial charge in [0.25, 0.3) is 0 Å². The average Bonchev–Trinajstić information content (AvgIpc) is 2.44. The molecule has 0 bridgehead atoms. The average molecular weight is 276 g/mol. The number of unbranched alkanes of at least 4 members (excludes halogenated alkanes) is 2. The molecule has 2 nitrogen and oxygen atoms in total. The highest BCUT2D eigenvalue weighted by molar-refractivity contribution is 5.76. The minimum absolute atomic E-state index is 0.0430. The van der Waals surface area contributed by atoms with Crippen LogP contribution in [-0.2, 0) is 9.53 Å². The van der Waals surface area contributed by atoms with Crippen LogP contribution in [0.15, 0.2) is 11.1 Å². The van der Waals surface area contributed by atoms with Gasteiger partial charge in [0.2, 0.25) is 0 Å². The maximum absolute atomic E-state index is 12.0. The third kappa shape index (κ3) is 4.40. The van der Waals surface area contributed by atoms with Crippen LogP contribution in [0.4, 0.5) is 0 Å². The van der Waals surface area contributed by atoms with Crippen molar-refractivity contribution in [2.45, 2.75) is 66.2 Å². The molecule has 1 aliphatic rings. The van der Waals surface area contributed by atoms with Gasteiger partial charge in [0, 0.05) is 12.3 Å². The van der Waals surface area contributed by atoms with Crippen molar-refractivity contribution in [1.29, 1.82) is 0 Å². The van der Waals surface area contributed by atoms with Crippen LogP contribution < -0.4 is 0 Å². The smallest absolute Gasteiger partial charge is 0.313 e. The molecule has 0 saturated heterocycles. The van der Waals surface area contributed by atoms with Gasteiger partial charge in [-0.3, -0.25) is 4.79 Å². The van der Waals surface area contributed by atoms with Crippen molar-refractivity contribution < 1.29 is 9.53 Å². The Kier molecular flexibility index (Phi) is 7.44. The lowest BCUT2D eigenvalue weighted by Gasteiger charge is -2.29. The van der Waals surface area contributed by atoms with E-state index in [-0.39, 0.29) is 11.9 Å². The molecule has 0 spiro atoms. The number of carbonyl (C=O) groups is 1. The predicted molar refractivity (Wildman–Crippen MR) is 83.1 cm³/mol. The molecule has 0 heterocycles. The monoisotopic (exact) mass is 276 g/mol. The first-order chi connectivity index (χ1) is 9.65. The molecule has 2 heteroatoms. The Labute approximate surface area is 124 Å². The van der Waals surface area contributed by atoms with Gasteiger partial charge in [-0.25, -0.2) is 0 Å². The Morgan fingerprint density at radius 2 is 2.05 bits per heavy atom. The van der Waals surface area contributed by atoms with E-state index in [1.165, 1.54) is 24.0 Å². The Morgan fingerprint density at radius 3 is 2.65 bits per heavy atom. The molecule has 0 aromatic heterocycles. The fraction of sp³-hybridized carbons (Fsp3) is 0.722. The fourth-order valence-electron chi connectivity index (χ4n) is 2.91. The fourth-order valence-corrected chi connectivity index (χ4v) is 2.91. The molecule has 0 N–H and O–H groups in total. The van der Waals surface area contributed by atoms with Crippen molar-refractivity contribution in [2.75, 3.05) is 6.61 Å². The van der Waals surface area contributed by atoms with Crippen LogP contribution in [-0.4, -0.2) is 12.6 Å². The minimum Gasteiger partial charge on any atom is -0.466 e. The van der Waals surface area contributed by atoms with Crippen LogP contribution in [0.5, 0.6) is 0 Å². The van der Waals surface area contributed by atoms with Crippen LogP contribution in [0, 0.1) is 23.7 Å². The number of ether oxygens (including phenoxy) is 1. The molecule has 112 valence electrons. The maximum Gasteiger partial charge on any atom is 0.313 e. The topological polar surface area (TPSA) is 26.3 Å². The van der Waals surface area contributed by atoms with E-state index in [1.54, 1.807) is 0 Å². The van der Waals surface area contributed by atoms with Crippen LogP contribution in [0.1, 0.15) is 66.2 Å². The summed E-state index contributed by atoms with van der Waals surface area (Å²) in [5.74, 6) is 6.97. The lowest BCUT2D eigenvalue weighted by atomic mass is 9.76. The number of allylic oxidation sites excluding steroid dienone is 1. The van der Waals surface area contributed by atoms with Crippen molar-refractivity contribution >= 4 is 5.97 Å². The first kappa shape index (κ1) is 16.8. The molecule has 0 radical (unpaired) electrons. The molecular weight excluding hydrogens is 248 g/mol. The van der Waals surface area contributed by atoms with Gasteiger partial charge < -0.3 is 4.74 Å². The van der Waals surface area contributed by atoms with E-state index in [2.05, 4.69) is 32.6 Å². The Balaban J connectivity index is 2.82. The molecule has 0 saturated carbocycles. The Morgan fingerprint density at radius 1 is 1.30 bits per heavy atom. The number of rotatable bonds is 5. The van der Waals surface area contributed by atoms with Gasteiger partial charge in [-0.1, -0.05) is 37.3 Å². The van der Waals surface area contributed by atoms with Gasteiger partial charge in [-0.05, 0) is 39.5 Å². The maximum atomic E-state index is 12.0. The lowest BCUT2D eigenvalue weighted by molar-refractivity contribution is -0.147. The minimum atomic E-state index is -0.0617. The quantitative estimate of drug-likeness (QED) is 0.320. The summed E-state index contributed by atoms with van der Waals surface area (Å²) in [7, 11) is 0. The molecule has 2 unspecified atom stereocenters. The third-order valence-corrected chi connectivity index (χ3v) is 4.08. The van der Waals surface area contributed by atoms with Crippen molar-refractivity contribution in [3.05, 3.63) is 11.1 Å². The highest BCUT2D eigenvalue weighted by Crippen LogP contribution is 2.36. The van der Waals surface area contributed by atoms with Crippen LogP contribution >= 0.6 is 0 Å². The molecule has 0 fully saturated rings. The summed E-state index contributed by atoms with van der Waals surface area (Å²) in [5.41, 5.74) is 2.56.